The molecule has 0 aliphatic carbocycles. The molecule has 0 spiro atoms. The molecule has 72 valence electrons. The number of aromatic hydroxyl groups is 1. The summed E-state index contributed by atoms with van der Waals surface area (Å²) in [6.07, 6.45) is 0. The molecule has 1 heterocycles. The van der Waals surface area contributed by atoms with Gasteiger partial charge in [0.2, 0.25) is 0 Å². The second kappa shape index (κ2) is 2.83. The minimum Gasteiger partial charge on any atom is -0.503 e. The van der Waals surface area contributed by atoms with Crippen molar-refractivity contribution in [2.75, 3.05) is 0 Å². The molecule has 2 aromatic rings. The zero-order valence-electron chi connectivity index (χ0n) is 7.49. The summed E-state index contributed by atoms with van der Waals surface area (Å²) in [6, 6.07) is 5.61. The minimum absolute atomic E-state index is 0.220. The van der Waals surface area contributed by atoms with Crippen molar-refractivity contribution in [2.45, 2.75) is 0 Å². The number of pyridine rings is 1. The van der Waals surface area contributed by atoms with Crippen LogP contribution in [-0.2, 0) is 7.05 Å². The Bertz CT molecular complexity index is 560. The van der Waals surface area contributed by atoms with Crippen LogP contribution in [0.4, 0.5) is 4.39 Å². The molecule has 3 nitrogen and oxygen atoms in total. The molecule has 0 atom stereocenters. The molecule has 4 heteroatoms. The first-order valence-corrected chi connectivity index (χ1v) is 4.08. The number of hydrogen-bond donors (Lipinski definition) is 1. The fourth-order valence-corrected chi connectivity index (χ4v) is 1.44. The van der Waals surface area contributed by atoms with Crippen LogP contribution in [-0.4, -0.2) is 9.67 Å². The largest absolute Gasteiger partial charge is 0.503 e. The highest BCUT2D eigenvalue weighted by atomic mass is 19.1. The van der Waals surface area contributed by atoms with E-state index in [-0.39, 0.29) is 11.1 Å². The number of nitrogens with zero attached hydrogens (tertiary/aromatic N) is 1. The molecule has 0 aliphatic rings. The zero-order valence-corrected chi connectivity index (χ0v) is 7.49. The molecule has 0 aliphatic heterocycles. The topological polar surface area (TPSA) is 42.2 Å². The summed E-state index contributed by atoms with van der Waals surface area (Å²) in [6.45, 7) is 0. The molecule has 0 amide bonds. The summed E-state index contributed by atoms with van der Waals surface area (Å²) >= 11 is 0. The van der Waals surface area contributed by atoms with Crippen molar-refractivity contribution in [3.8, 4) is 5.75 Å². The Morgan fingerprint density at radius 3 is 2.64 bits per heavy atom. The minimum atomic E-state index is -0.723. The molecule has 0 saturated carbocycles. The Balaban J connectivity index is 3.06. The molecule has 1 aromatic heterocycles. The summed E-state index contributed by atoms with van der Waals surface area (Å²) in [4.78, 5) is 11.2. The second-order valence-electron chi connectivity index (χ2n) is 3.06. The van der Waals surface area contributed by atoms with E-state index in [2.05, 4.69) is 0 Å². The number of phenolic OH excluding ortho intramolecular Hbond substituents is 1. The van der Waals surface area contributed by atoms with Gasteiger partial charge in [0.25, 0.3) is 5.56 Å². The van der Waals surface area contributed by atoms with Crippen molar-refractivity contribution >= 4 is 10.9 Å². The maximum Gasteiger partial charge on any atom is 0.250 e. The lowest BCUT2D eigenvalue weighted by molar-refractivity contribution is 0.436. The maximum absolute atomic E-state index is 13.0. The first-order chi connectivity index (χ1) is 6.61. The van der Waals surface area contributed by atoms with Gasteiger partial charge in [-0.15, -0.1) is 0 Å². The van der Waals surface area contributed by atoms with Crippen LogP contribution in [0.25, 0.3) is 10.9 Å². The molecule has 1 aromatic carbocycles. The second-order valence-corrected chi connectivity index (χ2v) is 3.06. The van der Waals surface area contributed by atoms with Crippen molar-refractivity contribution < 1.29 is 9.50 Å². The van der Waals surface area contributed by atoms with E-state index in [0.717, 1.165) is 0 Å². The van der Waals surface area contributed by atoms with E-state index in [9.17, 15) is 14.3 Å². The van der Waals surface area contributed by atoms with Gasteiger partial charge in [0.1, 0.15) is 0 Å². The van der Waals surface area contributed by atoms with Crippen molar-refractivity contribution in [1.82, 2.24) is 4.57 Å². The van der Waals surface area contributed by atoms with E-state index in [1.54, 1.807) is 6.07 Å². The molecule has 1 N–H and O–H groups in total. The lowest BCUT2D eigenvalue weighted by atomic mass is 10.2. The monoisotopic (exact) mass is 193 g/mol. The number of aryl methyl sites for hydroxylation is 1. The molecule has 0 radical (unpaired) electrons. The van der Waals surface area contributed by atoms with E-state index < -0.39 is 11.6 Å². The molecule has 0 bridgehead atoms. The van der Waals surface area contributed by atoms with Gasteiger partial charge in [0.15, 0.2) is 11.6 Å². The highest BCUT2D eigenvalue weighted by molar-refractivity contribution is 5.84. The van der Waals surface area contributed by atoms with Crippen molar-refractivity contribution in [2.24, 2.45) is 7.05 Å². The van der Waals surface area contributed by atoms with Gasteiger partial charge >= 0.3 is 0 Å². The smallest absolute Gasteiger partial charge is 0.250 e. The van der Waals surface area contributed by atoms with Crippen molar-refractivity contribution in [1.29, 1.82) is 0 Å². The third kappa shape index (κ3) is 1.08. The highest BCUT2D eigenvalue weighted by Gasteiger charge is 2.08. The number of hydrogen-bond acceptors (Lipinski definition) is 2. The highest BCUT2D eigenvalue weighted by Crippen LogP contribution is 2.25. The summed E-state index contributed by atoms with van der Waals surface area (Å²) in [5, 5.41) is 10.1. The zero-order chi connectivity index (χ0) is 10.3. The van der Waals surface area contributed by atoms with E-state index in [0.29, 0.717) is 5.39 Å². The molecular formula is C10H8FNO2. The average molecular weight is 193 g/mol. The quantitative estimate of drug-likeness (QED) is 0.686. The summed E-state index contributed by atoms with van der Waals surface area (Å²) < 4.78 is 14.2. The van der Waals surface area contributed by atoms with Crippen LogP contribution in [0.1, 0.15) is 0 Å². The van der Waals surface area contributed by atoms with Crippen LogP contribution < -0.4 is 5.56 Å². The van der Waals surface area contributed by atoms with Gasteiger partial charge in [-0.25, -0.2) is 4.39 Å². The predicted molar refractivity (Wildman–Crippen MR) is 50.8 cm³/mol. The van der Waals surface area contributed by atoms with Crippen LogP contribution >= 0.6 is 0 Å². The maximum atomic E-state index is 13.0. The first-order valence-electron chi connectivity index (χ1n) is 4.08. The molecule has 0 fully saturated rings. The Morgan fingerprint density at radius 1 is 1.29 bits per heavy atom. The summed E-state index contributed by atoms with van der Waals surface area (Å²) in [5.74, 6) is -1.21. The molecule has 0 saturated heterocycles. The number of phenols is 1. The van der Waals surface area contributed by atoms with Crippen molar-refractivity contribution in [3.63, 3.8) is 0 Å². The van der Waals surface area contributed by atoms with Crippen LogP contribution in [0.15, 0.2) is 29.1 Å². The number of aromatic nitrogens is 1. The van der Waals surface area contributed by atoms with Gasteiger partial charge in [-0.3, -0.25) is 4.79 Å². The van der Waals surface area contributed by atoms with E-state index >= 15 is 0 Å². The van der Waals surface area contributed by atoms with Crippen LogP contribution in [0.3, 0.4) is 0 Å². The average Bonchev–Trinajstić information content (AvgIpc) is 2.17. The van der Waals surface area contributed by atoms with E-state index in [1.807, 2.05) is 0 Å². The van der Waals surface area contributed by atoms with Gasteiger partial charge in [0.05, 0.1) is 5.52 Å². The Morgan fingerprint density at radius 2 is 1.93 bits per heavy atom. The Kier molecular flexibility index (Phi) is 1.77. The van der Waals surface area contributed by atoms with Gasteiger partial charge < -0.3 is 9.67 Å². The van der Waals surface area contributed by atoms with Crippen LogP contribution in [0.5, 0.6) is 5.75 Å². The lowest BCUT2D eigenvalue weighted by Crippen LogP contribution is -2.15. The Labute approximate surface area is 79.0 Å². The predicted octanol–water partition coefficient (Wildman–Crippen LogP) is 1.38. The third-order valence-corrected chi connectivity index (χ3v) is 2.20. The summed E-state index contributed by atoms with van der Waals surface area (Å²) in [7, 11) is 1.49. The van der Waals surface area contributed by atoms with Gasteiger partial charge in [-0.2, -0.15) is 0 Å². The normalized spacial score (nSPS) is 10.7. The van der Waals surface area contributed by atoms with Gasteiger partial charge in [-0.05, 0) is 18.2 Å². The number of rotatable bonds is 0. The lowest BCUT2D eigenvalue weighted by Gasteiger charge is -2.06. The third-order valence-electron chi connectivity index (χ3n) is 2.20. The fraction of sp³-hybridized carbons (Fsp3) is 0.100. The SMILES string of the molecule is Cn1c(=O)ccc2ccc(F)c(O)c21. The van der Waals surface area contributed by atoms with E-state index in [4.69, 9.17) is 0 Å². The van der Waals surface area contributed by atoms with Crippen LogP contribution in [0.2, 0.25) is 0 Å². The standard InChI is InChI=1S/C10H8FNO2/c1-12-8(13)5-3-6-2-4-7(11)10(14)9(6)12/h2-5,14H,1H3. The number of halogens is 1. The van der Waals surface area contributed by atoms with Gasteiger partial charge in [0, 0.05) is 18.5 Å². The van der Waals surface area contributed by atoms with Gasteiger partial charge in [-0.1, -0.05) is 0 Å². The molecule has 0 unspecified atom stereocenters. The molecular weight excluding hydrogens is 185 g/mol. The van der Waals surface area contributed by atoms with Crippen LogP contribution in [0, 0.1) is 5.82 Å². The summed E-state index contributed by atoms with van der Waals surface area (Å²) in [5.41, 5.74) is -0.0594. The van der Waals surface area contributed by atoms with Crippen molar-refractivity contribution in [3.05, 3.63) is 40.4 Å². The molecule has 2 rings (SSSR count). The first kappa shape index (κ1) is 8.74. The number of fused-ring (bicyclic) bond motifs is 1. The van der Waals surface area contributed by atoms with E-state index in [1.165, 1.54) is 29.8 Å². The molecule has 14 heavy (non-hydrogen) atoms. The fourth-order valence-electron chi connectivity index (χ4n) is 1.44. The Hall–Kier alpha value is -1.84. The number of benzene rings is 1.